The van der Waals surface area contributed by atoms with Gasteiger partial charge >= 0.3 is 0 Å². The van der Waals surface area contributed by atoms with Crippen LogP contribution in [0.15, 0.2) is 149 Å². The predicted octanol–water partition coefficient (Wildman–Crippen LogP) is 9.32. The zero-order chi connectivity index (χ0) is 34.5. The highest BCUT2D eigenvalue weighted by Crippen LogP contribution is 2.42. The Labute approximate surface area is 283 Å². The van der Waals surface area contributed by atoms with E-state index in [0.29, 0.717) is 23.3 Å². The van der Waals surface area contributed by atoms with E-state index in [2.05, 4.69) is 43.0 Å². The summed E-state index contributed by atoms with van der Waals surface area (Å²) < 4.78 is 6.35. The molecule has 4 aromatic carbocycles. The Morgan fingerprint density at radius 2 is 1.59 bits per heavy atom. The SMILES string of the molecule is C=C(/C=C(/C#N)C=N)/C(N)=C/C=C\Cc1c2ccccc2c(-c2cccc(/C(C)=C/C(C#N)=C\N)n2)c2cc3c(cc12)oc1ccccc13. The molecule has 7 nitrogen and oxygen atoms in total. The minimum atomic E-state index is 0.172. The second kappa shape index (κ2) is 13.8. The number of fused-ring (bicyclic) bond motifs is 5. The first-order valence-corrected chi connectivity index (χ1v) is 15.6. The molecule has 0 fully saturated rings. The number of hydrogen-bond acceptors (Lipinski definition) is 7. The van der Waals surface area contributed by atoms with Crippen LogP contribution in [-0.2, 0) is 6.42 Å². The van der Waals surface area contributed by atoms with Crippen molar-refractivity contribution in [1.82, 2.24) is 4.98 Å². The summed E-state index contributed by atoms with van der Waals surface area (Å²) in [7, 11) is 0. The average molecular weight is 637 g/mol. The van der Waals surface area contributed by atoms with Crippen LogP contribution in [0.5, 0.6) is 0 Å². The average Bonchev–Trinajstić information content (AvgIpc) is 3.50. The van der Waals surface area contributed by atoms with Gasteiger partial charge in [0.1, 0.15) is 23.3 Å². The molecule has 5 N–H and O–H groups in total. The smallest absolute Gasteiger partial charge is 0.136 e. The number of pyridine rings is 1. The van der Waals surface area contributed by atoms with Crippen LogP contribution in [0.25, 0.3) is 60.3 Å². The van der Waals surface area contributed by atoms with Crippen molar-refractivity contribution in [1.29, 1.82) is 15.9 Å². The monoisotopic (exact) mass is 636 g/mol. The third-order valence-corrected chi connectivity index (χ3v) is 8.44. The molecule has 0 saturated carbocycles. The fraction of sp³-hybridized carbons (Fsp3) is 0.0476. The van der Waals surface area contributed by atoms with Gasteiger partial charge in [-0.2, -0.15) is 10.5 Å². The van der Waals surface area contributed by atoms with Gasteiger partial charge in [-0.15, -0.1) is 0 Å². The number of furan rings is 1. The number of para-hydroxylation sites is 1. The molecule has 0 aliphatic rings. The number of nitrogens with one attached hydrogen (secondary N) is 1. The Hall–Kier alpha value is -6.96. The lowest BCUT2D eigenvalue weighted by molar-refractivity contribution is 0.669. The number of aromatic nitrogens is 1. The van der Waals surface area contributed by atoms with E-state index in [1.54, 1.807) is 12.2 Å². The van der Waals surface area contributed by atoms with E-state index in [1.807, 2.05) is 73.7 Å². The summed E-state index contributed by atoms with van der Waals surface area (Å²) >= 11 is 0. The predicted molar refractivity (Wildman–Crippen MR) is 200 cm³/mol. The lowest BCUT2D eigenvalue weighted by atomic mass is 9.88. The summed E-state index contributed by atoms with van der Waals surface area (Å²) in [6, 6.07) is 30.7. The second-order valence-electron chi connectivity index (χ2n) is 11.5. The molecule has 0 bridgehead atoms. The number of hydrogen-bond donors (Lipinski definition) is 3. The molecule has 0 amide bonds. The summed E-state index contributed by atoms with van der Waals surface area (Å²) in [5, 5.41) is 32.2. The molecule has 0 unspecified atom stereocenters. The highest BCUT2D eigenvalue weighted by atomic mass is 16.3. The van der Waals surface area contributed by atoms with Gasteiger partial charge in [-0.25, -0.2) is 4.98 Å². The molecule has 6 aromatic rings. The molecule has 0 atom stereocenters. The van der Waals surface area contributed by atoms with Gasteiger partial charge in [0.2, 0.25) is 0 Å². The van der Waals surface area contributed by atoms with Crippen molar-refractivity contribution in [2.45, 2.75) is 13.3 Å². The summed E-state index contributed by atoms with van der Waals surface area (Å²) in [4.78, 5) is 5.12. The second-order valence-corrected chi connectivity index (χ2v) is 11.5. The van der Waals surface area contributed by atoms with Crippen LogP contribution < -0.4 is 11.5 Å². The Bertz CT molecular complexity index is 2560. The molecule has 6 rings (SSSR count). The van der Waals surface area contributed by atoms with Crippen LogP contribution in [0.2, 0.25) is 0 Å². The van der Waals surface area contributed by atoms with Crippen molar-refractivity contribution in [3.05, 3.63) is 156 Å². The van der Waals surface area contributed by atoms with Crippen LogP contribution in [0.4, 0.5) is 0 Å². The standard InChI is InChI=1S/C42H32N6O/c1-26(18-28(22-43)23-44)37(47)14-7-5-11-31-30-10-3-4-13-33(30)42(39-16-9-15-38(48-39)27(2)19-29(24-45)25-46)36-20-35-32-12-6-8-17-40(32)49-41(35)21-34(31)36/h3-10,12-22,24,43H,1,11,45,47H2,2H3/b7-5-,27-19+,28-18+,29-24+,37-14-,43-22?. The van der Waals surface area contributed by atoms with Gasteiger partial charge in [-0.3, -0.25) is 0 Å². The summed E-state index contributed by atoms with van der Waals surface area (Å²) in [6.07, 6.45) is 11.8. The first kappa shape index (κ1) is 32.0. The van der Waals surface area contributed by atoms with Gasteiger partial charge in [-0.05, 0) is 100 Å². The van der Waals surface area contributed by atoms with Crippen LogP contribution in [0, 0.1) is 28.1 Å². The van der Waals surface area contributed by atoms with Crippen molar-refractivity contribution in [2.75, 3.05) is 0 Å². The van der Waals surface area contributed by atoms with Crippen molar-refractivity contribution in [2.24, 2.45) is 11.5 Å². The molecule has 0 aliphatic carbocycles. The molecular formula is C42H32N6O. The van der Waals surface area contributed by atoms with Crippen LogP contribution in [0.1, 0.15) is 18.2 Å². The number of benzene rings is 4. The van der Waals surface area contributed by atoms with Crippen molar-refractivity contribution in [3.63, 3.8) is 0 Å². The summed E-state index contributed by atoms with van der Waals surface area (Å²) in [5.41, 5.74) is 19.4. The van der Waals surface area contributed by atoms with E-state index in [0.717, 1.165) is 77.8 Å². The van der Waals surface area contributed by atoms with E-state index >= 15 is 0 Å². The van der Waals surface area contributed by atoms with Crippen LogP contribution in [0.3, 0.4) is 0 Å². The summed E-state index contributed by atoms with van der Waals surface area (Å²) in [5.74, 6) is 0. The third kappa shape index (κ3) is 6.25. The summed E-state index contributed by atoms with van der Waals surface area (Å²) in [6.45, 7) is 5.85. The van der Waals surface area contributed by atoms with E-state index in [4.69, 9.17) is 31.5 Å². The van der Waals surface area contributed by atoms with E-state index < -0.39 is 0 Å². The van der Waals surface area contributed by atoms with E-state index in [-0.39, 0.29) is 5.57 Å². The lowest BCUT2D eigenvalue weighted by Gasteiger charge is -2.17. The number of nitrogens with two attached hydrogens (primary N) is 2. The first-order chi connectivity index (χ1) is 23.9. The fourth-order valence-electron chi connectivity index (χ4n) is 6.04. The molecule has 0 radical (unpaired) electrons. The molecule has 0 spiro atoms. The van der Waals surface area contributed by atoms with E-state index in [1.165, 1.54) is 12.3 Å². The highest BCUT2D eigenvalue weighted by Gasteiger charge is 2.19. The molecule has 2 aromatic heterocycles. The van der Waals surface area contributed by atoms with Gasteiger partial charge < -0.3 is 21.3 Å². The Morgan fingerprint density at radius 3 is 2.33 bits per heavy atom. The Balaban J connectivity index is 1.57. The lowest BCUT2D eigenvalue weighted by Crippen LogP contribution is -1.99. The zero-order valence-corrected chi connectivity index (χ0v) is 26.9. The third-order valence-electron chi connectivity index (χ3n) is 8.44. The number of nitriles is 2. The topological polar surface area (TPSA) is 150 Å². The van der Waals surface area contributed by atoms with Crippen LogP contribution in [-0.4, -0.2) is 11.2 Å². The maximum Gasteiger partial charge on any atom is 0.136 e. The Morgan fingerprint density at radius 1 is 0.857 bits per heavy atom. The Kier molecular flexibility index (Phi) is 9.01. The van der Waals surface area contributed by atoms with Gasteiger partial charge in [-0.1, -0.05) is 67.3 Å². The zero-order valence-electron chi connectivity index (χ0n) is 26.9. The fourth-order valence-corrected chi connectivity index (χ4v) is 6.04. The van der Waals surface area contributed by atoms with E-state index in [9.17, 15) is 5.26 Å². The molecule has 49 heavy (non-hydrogen) atoms. The number of allylic oxidation sites excluding steroid dienone is 8. The molecule has 7 heteroatoms. The van der Waals surface area contributed by atoms with Crippen molar-refractivity contribution >= 4 is 55.3 Å². The van der Waals surface area contributed by atoms with Gasteiger partial charge in [0.15, 0.2) is 0 Å². The molecule has 236 valence electrons. The first-order valence-electron chi connectivity index (χ1n) is 15.6. The maximum atomic E-state index is 9.43. The van der Waals surface area contributed by atoms with Gasteiger partial charge in [0, 0.05) is 34.4 Å². The van der Waals surface area contributed by atoms with Gasteiger partial charge in [0.05, 0.1) is 22.5 Å². The van der Waals surface area contributed by atoms with Gasteiger partial charge in [0.25, 0.3) is 0 Å². The molecular weight excluding hydrogens is 605 g/mol. The quantitative estimate of drug-likeness (QED) is 0.0623. The van der Waals surface area contributed by atoms with Crippen molar-refractivity contribution in [3.8, 4) is 23.4 Å². The molecule has 0 saturated heterocycles. The largest absolute Gasteiger partial charge is 0.456 e. The highest BCUT2D eigenvalue weighted by molar-refractivity contribution is 6.20. The number of nitrogens with zero attached hydrogens (tertiary/aromatic N) is 3. The maximum absolute atomic E-state index is 9.43. The minimum Gasteiger partial charge on any atom is -0.456 e. The minimum absolute atomic E-state index is 0.172. The number of rotatable bonds is 9. The molecule has 2 heterocycles. The van der Waals surface area contributed by atoms with Crippen LogP contribution >= 0.6 is 0 Å². The normalized spacial score (nSPS) is 13.0. The molecule has 0 aliphatic heterocycles. The van der Waals surface area contributed by atoms with Crippen molar-refractivity contribution < 1.29 is 4.42 Å².